The molecule has 2 aromatic carbocycles. The second-order valence-electron chi connectivity index (χ2n) is 4.97. The van der Waals surface area contributed by atoms with Crippen LogP contribution in [-0.4, -0.2) is 11.8 Å². The van der Waals surface area contributed by atoms with Crippen molar-refractivity contribution < 1.29 is 9.59 Å². The Morgan fingerprint density at radius 2 is 1.77 bits per heavy atom. The molecule has 2 rings (SSSR count). The number of halogens is 1. The molecule has 0 aliphatic carbocycles. The third-order valence-corrected chi connectivity index (χ3v) is 3.71. The molecule has 0 aliphatic heterocycles. The van der Waals surface area contributed by atoms with Gasteiger partial charge in [-0.05, 0) is 46.1 Å². The van der Waals surface area contributed by atoms with Crippen LogP contribution in [0.5, 0.6) is 0 Å². The van der Waals surface area contributed by atoms with E-state index in [4.69, 9.17) is 0 Å². The predicted octanol–water partition coefficient (Wildman–Crippen LogP) is 3.40. The molecule has 0 fully saturated rings. The lowest BCUT2D eigenvalue weighted by Crippen LogP contribution is -2.27. The van der Waals surface area contributed by atoms with Crippen LogP contribution in [0.4, 0.5) is 5.69 Å². The van der Waals surface area contributed by atoms with E-state index < -0.39 is 0 Å². The van der Waals surface area contributed by atoms with E-state index in [0.29, 0.717) is 12.2 Å². The minimum absolute atomic E-state index is 0.201. The molecule has 0 spiro atoms. The predicted molar refractivity (Wildman–Crippen MR) is 90.4 cm³/mol. The smallest absolute Gasteiger partial charge is 0.233 e. The molecule has 0 aliphatic rings. The van der Waals surface area contributed by atoms with E-state index in [2.05, 4.69) is 26.6 Å². The quantitative estimate of drug-likeness (QED) is 0.802. The van der Waals surface area contributed by atoms with Crippen molar-refractivity contribution in [3.05, 3.63) is 64.1 Å². The summed E-state index contributed by atoms with van der Waals surface area (Å²) in [7, 11) is 0. The lowest BCUT2D eigenvalue weighted by Gasteiger charge is -2.09. The maximum absolute atomic E-state index is 11.9. The molecule has 4 nitrogen and oxygen atoms in total. The molecule has 2 amide bonds. The van der Waals surface area contributed by atoms with Crippen LogP contribution in [-0.2, 0) is 16.1 Å². The summed E-state index contributed by atoms with van der Waals surface area (Å²) in [6.07, 6.45) is -0.201. The minimum Gasteiger partial charge on any atom is -0.352 e. The van der Waals surface area contributed by atoms with E-state index in [1.165, 1.54) is 0 Å². The van der Waals surface area contributed by atoms with Gasteiger partial charge in [0.15, 0.2) is 0 Å². The Balaban J connectivity index is 1.82. The topological polar surface area (TPSA) is 58.2 Å². The van der Waals surface area contributed by atoms with Gasteiger partial charge in [-0.3, -0.25) is 9.59 Å². The molecule has 0 unspecified atom stereocenters. The Hall–Kier alpha value is -2.14. The minimum atomic E-state index is -0.338. The summed E-state index contributed by atoms with van der Waals surface area (Å²) in [5.74, 6) is -0.639. The van der Waals surface area contributed by atoms with Gasteiger partial charge in [-0.25, -0.2) is 0 Å². The van der Waals surface area contributed by atoms with E-state index in [1.54, 1.807) is 6.07 Å². The number of nitrogens with one attached hydrogen (secondary N) is 2. The molecule has 0 saturated carbocycles. The zero-order valence-electron chi connectivity index (χ0n) is 12.2. The fraction of sp³-hybridized carbons (Fsp3) is 0.176. The summed E-state index contributed by atoms with van der Waals surface area (Å²) in [6, 6.07) is 15.2. The second-order valence-corrected chi connectivity index (χ2v) is 5.82. The molecule has 22 heavy (non-hydrogen) atoms. The van der Waals surface area contributed by atoms with Gasteiger partial charge in [0.1, 0.15) is 6.42 Å². The first kappa shape index (κ1) is 16.2. The Bertz CT molecular complexity index is 672. The lowest BCUT2D eigenvalue weighted by molar-refractivity contribution is -0.126. The first-order valence-electron chi connectivity index (χ1n) is 6.91. The summed E-state index contributed by atoms with van der Waals surface area (Å²) >= 11 is 3.39. The summed E-state index contributed by atoms with van der Waals surface area (Å²) < 4.78 is 0.797. The summed E-state index contributed by atoms with van der Waals surface area (Å²) in [5, 5.41) is 5.45. The van der Waals surface area contributed by atoms with Crippen molar-refractivity contribution in [3.63, 3.8) is 0 Å². The molecule has 0 aromatic heterocycles. The van der Waals surface area contributed by atoms with Gasteiger partial charge < -0.3 is 10.6 Å². The highest BCUT2D eigenvalue weighted by atomic mass is 79.9. The Kier molecular flexibility index (Phi) is 5.72. The fourth-order valence-corrected chi connectivity index (χ4v) is 2.51. The number of hydrogen-bond acceptors (Lipinski definition) is 2. The summed E-state index contributed by atoms with van der Waals surface area (Å²) in [4.78, 5) is 23.7. The number of carbonyl (C=O) groups excluding carboxylic acids is 2. The highest BCUT2D eigenvalue weighted by Crippen LogP contribution is 2.23. The van der Waals surface area contributed by atoms with Crippen LogP contribution < -0.4 is 10.6 Å². The van der Waals surface area contributed by atoms with Crippen molar-refractivity contribution in [2.45, 2.75) is 19.9 Å². The largest absolute Gasteiger partial charge is 0.352 e. The lowest BCUT2D eigenvalue weighted by atomic mass is 10.2. The van der Waals surface area contributed by atoms with E-state index in [0.717, 1.165) is 15.6 Å². The number of hydrogen-bond donors (Lipinski definition) is 2. The van der Waals surface area contributed by atoms with Gasteiger partial charge >= 0.3 is 0 Å². The normalized spacial score (nSPS) is 10.1. The average molecular weight is 361 g/mol. The van der Waals surface area contributed by atoms with Gasteiger partial charge in [0, 0.05) is 11.0 Å². The Morgan fingerprint density at radius 1 is 1.05 bits per heavy atom. The van der Waals surface area contributed by atoms with Gasteiger partial charge in [0.25, 0.3) is 0 Å². The van der Waals surface area contributed by atoms with Gasteiger partial charge in [-0.15, -0.1) is 0 Å². The molecule has 0 heterocycles. The first-order chi connectivity index (χ1) is 10.5. The zero-order valence-corrected chi connectivity index (χ0v) is 13.8. The molecule has 5 heteroatoms. The number of anilines is 1. The molecule has 2 aromatic rings. The van der Waals surface area contributed by atoms with Crippen molar-refractivity contribution in [3.8, 4) is 0 Å². The molecule has 0 saturated heterocycles. The molecule has 0 bridgehead atoms. The highest BCUT2D eigenvalue weighted by Gasteiger charge is 2.11. The number of aryl methyl sites for hydroxylation is 1. The van der Waals surface area contributed by atoms with Crippen LogP contribution in [0.25, 0.3) is 0 Å². The van der Waals surface area contributed by atoms with Crippen molar-refractivity contribution in [1.82, 2.24) is 5.32 Å². The van der Waals surface area contributed by atoms with Gasteiger partial charge in [-0.1, -0.05) is 36.4 Å². The van der Waals surface area contributed by atoms with Gasteiger partial charge in [0.05, 0.1) is 5.69 Å². The zero-order chi connectivity index (χ0) is 15.9. The second kappa shape index (κ2) is 7.75. The molecular weight excluding hydrogens is 344 g/mol. The monoisotopic (exact) mass is 360 g/mol. The number of benzene rings is 2. The van der Waals surface area contributed by atoms with Crippen LogP contribution in [0.3, 0.4) is 0 Å². The first-order valence-corrected chi connectivity index (χ1v) is 7.70. The summed E-state index contributed by atoms with van der Waals surface area (Å²) in [6.45, 7) is 2.38. The van der Waals surface area contributed by atoms with Crippen LogP contribution in [0.1, 0.15) is 17.5 Å². The summed E-state index contributed by atoms with van der Waals surface area (Å²) in [5.41, 5.74) is 2.74. The fourth-order valence-electron chi connectivity index (χ4n) is 1.92. The average Bonchev–Trinajstić information content (AvgIpc) is 2.49. The number of carbonyl (C=O) groups is 2. The van der Waals surface area contributed by atoms with E-state index in [-0.39, 0.29) is 18.2 Å². The van der Waals surface area contributed by atoms with Crippen LogP contribution in [0.15, 0.2) is 53.0 Å². The van der Waals surface area contributed by atoms with Crippen LogP contribution in [0.2, 0.25) is 0 Å². The number of rotatable bonds is 5. The van der Waals surface area contributed by atoms with Crippen molar-refractivity contribution in [2.24, 2.45) is 0 Å². The molecule has 2 N–H and O–H groups in total. The molecule has 114 valence electrons. The van der Waals surface area contributed by atoms with Gasteiger partial charge in [0.2, 0.25) is 11.8 Å². The van der Waals surface area contributed by atoms with Crippen LogP contribution in [0, 0.1) is 6.92 Å². The Labute approximate surface area is 138 Å². The standard InChI is InChI=1S/C17H17BrN2O2/c1-12-7-8-15(14(18)9-12)20-17(22)10-16(21)19-11-13-5-3-2-4-6-13/h2-9H,10-11H2,1H3,(H,19,21)(H,20,22). The van der Waals surface area contributed by atoms with Crippen molar-refractivity contribution in [2.75, 3.05) is 5.32 Å². The van der Waals surface area contributed by atoms with E-state index >= 15 is 0 Å². The van der Waals surface area contributed by atoms with Crippen molar-refractivity contribution >= 4 is 33.4 Å². The number of amides is 2. The molecule has 0 atom stereocenters. The van der Waals surface area contributed by atoms with E-state index in [1.807, 2.05) is 49.4 Å². The third-order valence-electron chi connectivity index (χ3n) is 3.05. The maximum atomic E-state index is 11.9. The molecule has 0 radical (unpaired) electrons. The maximum Gasteiger partial charge on any atom is 0.233 e. The van der Waals surface area contributed by atoms with Crippen molar-refractivity contribution in [1.29, 1.82) is 0 Å². The van der Waals surface area contributed by atoms with E-state index in [9.17, 15) is 9.59 Å². The Morgan fingerprint density at radius 3 is 2.45 bits per heavy atom. The van der Waals surface area contributed by atoms with Gasteiger partial charge in [-0.2, -0.15) is 0 Å². The SMILES string of the molecule is Cc1ccc(NC(=O)CC(=O)NCc2ccccc2)c(Br)c1. The third kappa shape index (κ3) is 5.00. The highest BCUT2D eigenvalue weighted by molar-refractivity contribution is 9.10. The van der Waals surface area contributed by atoms with Crippen LogP contribution >= 0.6 is 15.9 Å². The molecular formula is C17H17BrN2O2.